The average Bonchev–Trinajstić information content (AvgIpc) is 2.59. The second-order valence-corrected chi connectivity index (χ2v) is 6.26. The van der Waals surface area contributed by atoms with Gasteiger partial charge in [-0.3, -0.25) is 19.8 Å². The average molecular weight is 401 g/mol. The SMILES string of the molecule is O=C1NC(=O)N(Cc2ccccc2)C(=O)/C1=C/c1ccc(O)c(Br)c1. The summed E-state index contributed by atoms with van der Waals surface area (Å²) in [5.41, 5.74) is 1.16. The highest BCUT2D eigenvalue weighted by atomic mass is 79.9. The number of nitrogens with one attached hydrogen (secondary N) is 1. The fourth-order valence-corrected chi connectivity index (χ4v) is 2.78. The van der Waals surface area contributed by atoms with Crippen molar-refractivity contribution >= 4 is 39.9 Å². The van der Waals surface area contributed by atoms with Crippen LogP contribution in [0.2, 0.25) is 0 Å². The Balaban J connectivity index is 1.92. The van der Waals surface area contributed by atoms with Gasteiger partial charge in [-0.25, -0.2) is 4.79 Å². The van der Waals surface area contributed by atoms with Gasteiger partial charge >= 0.3 is 6.03 Å². The predicted octanol–water partition coefficient (Wildman–Crippen LogP) is 2.82. The highest BCUT2D eigenvalue weighted by Gasteiger charge is 2.35. The molecule has 0 spiro atoms. The van der Waals surface area contributed by atoms with Gasteiger partial charge in [0.25, 0.3) is 11.8 Å². The van der Waals surface area contributed by atoms with E-state index in [-0.39, 0.29) is 17.9 Å². The lowest BCUT2D eigenvalue weighted by Gasteiger charge is -2.26. The van der Waals surface area contributed by atoms with Gasteiger partial charge in [-0.05, 0) is 45.3 Å². The quantitative estimate of drug-likeness (QED) is 0.612. The normalized spacial score (nSPS) is 16.3. The molecule has 0 unspecified atom stereocenters. The molecule has 0 saturated carbocycles. The molecule has 1 aliphatic rings. The van der Waals surface area contributed by atoms with E-state index in [0.29, 0.717) is 10.0 Å². The van der Waals surface area contributed by atoms with Gasteiger partial charge in [-0.1, -0.05) is 36.4 Å². The zero-order valence-corrected chi connectivity index (χ0v) is 14.5. The van der Waals surface area contributed by atoms with Gasteiger partial charge in [0.2, 0.25) is 0 Å². The first-order valence-corrected chi connectivity index (χ1v) is 8.16. The van der Waals surface area contributed by atoms with Crippen molar-refractivity contribution in [1.82, 2.24) is 10.2 Å². The summed E-state index contributed by atoms with van der Waals surface area (Å²) < 4.78 is 0.433. The molecule has 1 heterocycles. The Kier molecular flexibility index (Phi) is 4.67. The molecule has 1 fully saturated rings. The van der Waals surface area contributed by atoms with Gasteiger partial charge < -0.3 is 5.11 Å². The third-order valence-corrected chi connectivity index (χ3v) is 4.29. The van der Waals surface area contributed by atoms with Crippen molar-refractivity contribution in [3.63, 3.8) is 0 Å². The largest absolute Gasteiger partial charge is 0.507 e. The van der Waals surface area contributed by atoms with E-state index < -0.39 is 17.8 Å². The number of phenols is 1. The third-order valence-electron chi connectivity index (χ3n) is 3.65. The number of hydrogen-bond donors (Lipinski definition) is 2. The Morgan fingerprint density at radius 2 is 1.80 bits per heavy atom. The molecule has 3 rings (SSSR count). The summed E-state index contributed by atoms with van der Waals surface area (Å²) in [5.74, 6) is -1.37. The Bertz CT molecular complexity index is 893. The number of amides is 4. The molecule has 0 aromatic heterocycles. The lowest BCUT2D eigenvalue weighted by atomic mass is 10.1. The van der Waals surface area contributed by atoms with Crippen LogP contribution in [-0.2, 0) is 16.1 Å². The smallest absolute Gasteiger partial charge is 0.331 e. The van der Waals surface area contributed by atoms with Gasteiger partial charge in [-0.15, -0.1) is 0 Å². The van der Waals surface area contributed by atoms with E-state index in [1.807, 2.05) is 6.07 Å². The van der Waals surface area contributed by atoms with Crippen LogP contribution < -0.4 is 5.32 Å². The van der Waals surface area contributed by atoms with Crippen LogP contribution in [0.3, 0.4) is 0 Å². The molecule has 4 amide bonds. The van der Waals surface area contributed by atoms with Crippen LogP contribution in [0, 0.1) is 0 Å². The van der Waals surface area contributed by atoms with Crippen molar-refractivity contribution in [1.29, 1.82) is 0 Å². The maximum atomic E-state index is 12.6. The van der Waals surface area contributed by atoms with Gasteiger partial charge in [0.05, 0.1) is 11.0 Å². The number of aromatic hydroxyl groups is 1. The maximum absolute atomic E-state index is 12.6. The first kappa shape index (κ1) is 16.9. The van der Waals surface area contributed by atoms with Crippen molar-refractivity contribution in [2.24, 2.45) is 0 Å². The van der Waals surface area contributed by atoms with Crippen molar-refractivity contribution in [3.05, 3.63) is 69.7 Å². The number of rotatable bonds is 3. The Hall–Kier alpha value is -2.93. The Labute approximate surface area is 151 Å². The Morgan fingerprint density at radius 1 is 1.08 bits per heavy atom. The van der Waals surface area contributed by atoms with Gasteiger partial charge in [0, 0.05) is 0 Å². The molecule has 126 valence electrons. The minimum absolute atomic E-state index is 0.0439. The summed E-state index contributed by atoms with van der Waals surface area (Å²) in [7, 11) is 0. The van der Waals surface area contributed by atoms with E-state index in [1.54, 1.807) is 36.4 Å². The minimum atomic E-state index is -0.747. The van der Waals surface area contributed by atoms with Crippen molar-refractivity contribution in [2.75, 3.05) is 0 Å². The monoisotopic (exact) mass is 400 g/mol. The second-order valence-electron chi connectivity index (χ2n) is 5.41. The number of carbonyl (C=O) groups is 3. The second kappa shape index (κ2) is 6.90. The van der Waals surface area contributed by atoms with E-state index in [0.717, 1.165) is 10.5 Å². The molecule has 25 heavy (non-hydrogen) atoms. The number of barbiturate groups is 1. The third kappa shape index (κ3) is 3.61. The van der Waals surface area contributed by atoms with Gasteiger partial charge in [-0.2, -0.15) is 0 Å². The molecule has 1 aliphatic heterocycles. The molecule has 6 nitrogen and oxygen atoms in total. The van der Waals surface area contributed by atoms with E-state index in [2.05, 4.69) is 21.2 Å². The molecular formula is C18H13BrN2O4. The molecule has 2 N–H and O–H groups in total. The number of halogens is 1. The topological polar surface area (TPSA) is 86.7 Å². The van der Waals surface area contributed by atoms with E-state index >= 15 is 0 Å². The lowest BCUT2D eigenvalue weighted by molar-refractivity contribution is -0.130. The van der Waals surface area contributed by atoms with Crippen LogP contribution in [0.1, 0.15) is 11.1 Å². The van der Waals surface area contributed by atoms with E-state index in [1.165, 1.54) is 12.1 Å². The summed E-state index contributed by atoms with van der Waals surface area (Å²) in [6.07, 6.45) is 1.38. The van der Waals surface area contributed by atoms with E-state index in [4.69, 9.17) is 0 Å². The molecule has 0 bridgehead atoms. The molecule has 2 aromatic carbocycles. The van der Waals surface area contributed by atoms with Crippen LogP contribution in [0.4, 0.5) is 4.79 Å². The summed E-state index contributed by atoms with van der Waals surface area (Å²) >= 11 is 3.18. The zero-order valence-electron chi connectivity index (χ0n) is 12.9. The van der Waals surface area contributed by atoms with Gasteiger partial charge in [0.15, 0.2) is 0 Å². The van der Waals surface area contributed by atoms with Crippen molar-refractivity contribution in [3.8, 4) is 5.75 Å². The number of hydrogen-bond acceptors (Lipinski definition) is 4. The Morgan fingerprint density at radius 3 is 2.48 bits per heavy atom. The standard InChI is InChI=1S/C18H13BrN2O4/c19-14-9-12(6-7-15(14)22)8-13-16(23)20-18(25)21(17(13)24)10-11-4-2-1-3-5-11/h1-9,22H,10H2,(H,20,23,25)/b13-8+. The van der Waals surface area contributed by atoms with Crippen LogP contribution in [0.25, 0.3) is 6.08 Å². The molecule has 1 saturated heterocycles. The molecule has 7 heteroatoms. The van der Waals surface area contributed by atoms with Crippen LogP contribution in [-0.4, -0.2) is 27.9 Å². The van der Waals surface area contributed by atoms with Crippen molar-refractivity contribution in [2.45, 2.75) is 6.54 Å². The highest BCUT2D eigenvalue weighted by molar-refractivity contribution is 9.10. The van der Waals surface area contributed by atoms with Crippen molar-refractivity contribution < 1.29 is 19.5 Å². The summed E-state index contributed by atoms with van der Waals surface area (Å²) in [4.78, 5) is 37.7. The summed E-state index contributed by atoms with van der Waals surface area (Å²) in [6, 6.07) is 12.8. The zero-order chi connectivity index (χ0) is 18.0. The van der Waals surface area contributed by atoms with Crippen LogP contribution in [0.15, 0.2) is 58.6 Å². The first-order chi connectivity index (χ1) is 12.0. The van der Waals surface area contributed by atoms with Gasteiger partial charge in [0.1, 0.15) is 11.3 Å². The number of phenolic OH excluding ortho intramolecular Hbond substituents is 1. The number of carbonyl (C=O) groups excluding carboxylic acids is 3. The fourth-order valence-electron chi connectivity index (χ4n) is 2.38. The lowest BCUT2D eigenvalue weighted by Crippen LogP contribution is -2.53. The summed E-state index contributed by atoms with van der Waals surface area (Å²) in [5, 5.41) is 11.7. The highest BCUT2D eigenvalue weighted by Crippen LogP contribution is 2.26. The van der Waals surface area contributed by atoms with Crippen LogP contribution in [0.5, 0.6) is 5.75 Å². The number of imide groups is 2. The van der Waals surface area contributed by atoms with E-state index in [9.17, 15) is 19.5 Å². The molecule has 2 aromatic rings. The number of urea groups is 1. The van der Waals surface area contributed by atoms with Crippen LogP contribution >= 0.6 is 15.9 Å². The summed E-state index contributed by atoms with van der Waals surface area (Å²) in [6.45, 7) is 0.0649. The molecule has 0 radical (unpaired) electrons. The minimum Gasteiger partial charge on any atom is -0.507 e. The maximum Gasteiger partial charge on any atom is 0.331 e. The predicted molar refractivity (Wildman–Crippen MR) is 94.3 cm³/mol. The first-order valence-electron chi connectivity index (χ1n) is 7.37. The molecular weight excluding hydrogens is 388 g/mol. The molecule has 0 aliphatic carbocycles. The number of benzene rings is 2. The fraction of sp³-hybridized carbons (Fsp3) is 0.0556. The number of nitrogens with zero attached hydrogens (tertiary/aromatic N) is 1. The molecule has 0 atom stereocenters.